The first kappa shape index (κ1) is 14.2. The van der Waals surface area contributed by atoms with Gasteiger partial charge in [-0.1, -0.05) is 47.1 Å². The first-order valence-corrected chi connectivity index (χ1v) is 7.15. The minimum Gasteiger partial charge on any atom is -0.339 e. The van der Waals surface area contributed by atoms with Crippen molar-refractivity contribution in [1.29, 1.82) is 0 Å². The average Bonchev–Trinajstić information content (AvgIpc) is 2.79. The van der Waals surface area contributed by atoms with Gasteiger partial charge in [0.1, 0.15) is 0 Å². The van der Waals surface area contributed by atoms with Gasteiger partial charge in [0, 0.05) is 23.4 Å². The Morgan fingerprint density at radius 2 is 1.95 bits per heavy atom. The van der Waals surface area contributed by atoms with Crippen LogP contribution in [-0.2, 0) is 12.8 Å². The number of halogens is 1. The zero-order valence-corrected chi connectivity index (χ0v) is 12.7. The molecule has 1 unspecified atom stereocenters. The molecule has 0 fully saturated rings. The summed E-state index contributed by atoms with van der Waals surface area (Å²) in [5.41, 5.74) is 7.15. The van der Waals surface area contributed by atoms with Crippen LogP contribution in [-0.4, -0.2) is 16.2 Å². The lowest BCUT2D eigenvalue weighted by Crippen LogP contribution is -2.28. The molecule has 102 valence electrons. The van der Waals surface area contributed by atoms with E-state index in [0.717, 1.165) is 10.0 Å². The predicted octanol–water partition coefficient (Wildman–Crippen LogP) is 2.95. The monoisotopic (exact) mass is 323 g/mol. The second-order valence-corrected chi connectivity index (χ2v) is 5.94. The van der Waals surface area contributed by atoms with Crippen LogP contribution in [0.15, 0.2) is 33.3 Å². The highest BCUT2D eigenvalue weighted by atomic mass is 79.9. The average molecular weight is 324 g/mol. The molecule has 0 aliphatic carbocycles. The number of nitrogens with zero attached hydrogens (tertiary/aromatic N) is 2. The molecular weight excluding hydrogens is 306 g/mol. The van der Waals surface area contributed by atoms with Crippen molar-refractivity contribution >= 4 is 15.9 Å². The van der Waals surface area contributed by atoms with Crippen LogP contribution in [0.5, 0.6) is 0 Å². The fraction of sp³-hybridized carbons (Fsp3) is 0.429. The third-order valence-corrected chi connectivity index (χ3v) is 3.58. The Bertz CT molecular complexity index is 522. The zero-order chi connectivity index (χ0) is 13.8. The van der Waals surface area contributed by atoms with Gasteiger partial charge in [0.2, 0.25) is 5.89 Å². The number of rotatable bonds is 5. The van der Waals surface area contributed by atoms with Crippen LogP contribution in [0.2, 0.25) is 0 Å². The summed E-state index contributed by atoms with van der Waals surface area (Å²) in [7, 11) is 0. The summed E-state index contributed by atoms with van der Waals surface area (Å²) >= 11 is 3.41. The molecule has 1 aromatic carbocycles. The van der Waals surface area contributed by atoms with Crippen LogP contribution in [0, 0.1) is 5.92 Å². The lowest BCUT2D eigenvalue weighted by molar-refractivity contribution is 0.350. The smallest absolute Gasteiger partial charge is 0.228 e. The van der Waals surface area contributed by atoms with Crippen molar-refractivity contribution < 1.29 is 4.52 Å². The van der Waals surface area contributed by atoms with E-state index in [2.05, 4.69) is 39.9 Å². The maximum Gasteiger partial charge on any atom is 0.228 e. The van der Waals surface area contributed by atoms with E-state index >= 15 is 0 Å². The molecule has 1 atom stereocenters. The largest absolute Gasteiger partial charge is 0.339 e. The van der Waals surface area contributed by atoms with Crippen molar-refractivity contribution in [3.63, 3.8) is 0 Å². The van der Waals surface area contributed by atoms with E-state index in [4.69, 9.17) is 10.3 Å². The van der Waals surface area contributed by atoms with Crippen molar-refractivity contribution in [1.82, 2.24) is 10.1 Å². The molecular formula is C14H18BrN3O. The fourth-order valence-corrected chi connectivity index (χ4v) is 1.93. The SMILES string of the molecule is CC(C)C(N)Cc1nc(Cc2ccc(Br)cc2)no1. The Kier molecular flexibility index (Phi) is 4.71. The van der Waals surface area contributed by atoms with Gasteiger partial charge in [0.05, 0.1) is 0 Å². The Labute approximate surface area is 121 Å². The van der Waals surface area contributed by atoms with E-state index in [-0.39, 0.29) is 6.04 Å². The molecule has 0 aliphatic heterocycles. The molecule has 1 heterocycles. The number of benzene rings is 1. The predicted molar refractivity (Wildman–Crippen MR) is 77.8 cm³/mol. The fourth-order valence-electron chi connectivity index (χ4n) is 1.67. The van der Waals surface area contributed by atoms with Crippen LogP contribution in [0.3, 0.4) is 0 Å². The second kappa shape index (κ2) is 6.30. The van der Waals surface area contributed by atoms with Crippen LogP contribution in [0.4, 0.5) is 0 Å². The molecule has 0 saturated heterocycles. The lowest BCUT2D eigenvalue weighted by Gasteiger charge is -2.11. The number of hydrogen-bond donors (Lipinski definition) is 1. The minimum absolute atomic E-state index is 0.0565. The summed E-state index contributed by atoms with van der Waals surface area (Å²) in [6.07, 6.45) is 1.30. The van der Waals surface area contributed by atoms with E-state index < -0.39 is 0 Å². The first-order chi connectivity index (χ1) is 9.04. The van der Waals surface area contributed by atoms with E-state index in [1.165, 1.54) is 0 Å². The van der Waals surface area contributed by atoms with Gasteiger partial charge < -0.3 is 10.3 Å². The maximum atomic E-state index is 5.99. The van der Waals surface area contributed by atoms with Crippen LogP contribution in [0.25, 0.3) is 0 Å². The minimum atomic E-state index is 0.0565. The van der Waals surface area contributed by atoms with Crippen molar-refractivity contribution in [3.05, 3.63) is 46.0 Å². The highest BCUT2D eigenvalue weighted by Crippen LogP contribution is 2.13. The zero-order valence-electron chi connectivity index (χ0n) is 11.1. The molecule has 2 rings (SSSR count). The molecule has 0 saturated carbocycles. The van der Waals surface area contributed by atoms with Crippen molar-refractivity contribution in [2.45, 2.75) is 32.7 Å². The summed E-state index contributed by atoms with van der Waals surface area (Å²) in [5, 5.41) is 3.99. The molecule has 1 aromatic heterocycles. The van der Waals surface area contributed by atoms with E-state index in [0.29, 0.717) is 30.5 Å². The third-order valence-electron chi connectivity index (χ3n) is 3.05. The van der Waals surface area contributed by atoms with E-state index in [1.54, 1.807) is 0 Å². The van der Waals surface area contributed by atoms with Crippen molar-refractivity contribution in [2.24, 2.45) is 11.7 Å². The highest BCUT2D eigenvalue weighted by molar-refractivity contribution is 9.10. The summed E-state index contributed by atoms with van der Waals surface area (Å²) in [5.74, 6) is 1.73. The van der Waals surface area contributed by atoms with Gasteiger partial charge in [-0.15, -0.1) is 0 Å². The first-order valence-electron chi connectivity index (χ1n) is 6.36. The quantitative estimate of drug-likeness (QED) is 0.918. The van der Waals surface area contributed by atoms with Crippen molar-refractivity contribution in [3.8, 4) is 0 Å². The second-order valence-electron chi connectivity index (χ2n) is 5.02. The van der Waals surface area contributed by atoms with Crippen LogP contribution >= 0.6 is 15.9 Å². The highest BCUT2D eigenvalue weighted by Gasteiger charge is 2.14. The van der Waals surface area contributed by atoms with Crippen LogP contribution in [0.1, 0.15) is 31.1 Å². The topological polar surface area (TPSA) is 64.9 Å². The van der Waals surface area contributed by atoms with Gasteiger partial charge in [-0.3, -0.25) is 0 Å². The molecule has 5 heteroatoms. The number of nitrogens with two attached hydrogens (primary N) is 1. The molecule has 4 nitrogen and oxygen atoms in total. The van der Waals surface area contributed by atoms with Gasteiger partial charge in [-0.2, -0.15) is 4.98 Å². The molecule has 0 amide bonds. The standard InChI is InChI=1S/C14H18BrN3O/c1-9(2)12(16)8-14-17-13(18-19-14)7-10-3-5-11(15)6-4-10/h3-6,9,12H,7-8,16H2,1-2H3. The van der Waals surface area contributed by atoms with E-state index in [1.807, 2.05) is 24.3 Å². The Morgan fingerprint density at radius 1 is 1.26 bits per heavy atom. The molecule has 0 radical (unpaired) electrons. The summed E-state index contributed by atoms with van der Waals surface area (Å²) in [6.45, 7) is 4.17. The normalized spacial score (nSPS) is 12.9. The van der Waals surface area contributed by atoms with Gasteiger partial charge in [-0.05, 0) is 23.6 Å². The summed E-state index contributed by atoms with van der Waals surface area (Å²) in [4.78, 5) is 4.38. The van der Waals surface area contributed by atoms with Gasteiger partial charge >= 0.3 is 0 Å². The Hall–Kier alpha value is -1.20. The van der Waals surface area contributed by atoms with Gasteiger partial charge in [-0.25, -0.2) is 0 Å². The molecule has 19 heavy (non-hydrogen) atoms. The van der Waals surface area contributed by atoms with Gasteiger partial charge in [0.15, 0.2) is 5.82 Å². The van der Waals surface area contributed by atoms with E-state index in [9.17, 15) is 0 Å². The molecule has 2 aromatic rings. The number of aromatic nitrogens is 2. The Morgan fingerprint density at radius 3 is 2.58 bits per heavy atom. The van der Waals surface area contributed by atoms with Crippen LogP contribution < -0.4 is 5.73 Å². The molecule has 0 aliphatic rings. The molecule has 0 bridgehead atoms. The third kappa shape index (κ3) is 4.14. The molecule has 0 spiro atoms. The number of hydrogen-bond acceptors (Lipinski definition) is 4. The summed E-state index contributed by atoms with van der Waals surface area (Å²) in [6, 6.07) is 8.15. The molecule has 2 N–H and O–H groups in total. The Balaban J connectivity index is 1.99. The lowest BCUT2D eigenvalue weighted by atomic mass is 10.0. The summed E-state index contributed by atoms with van der Waals surface area (Å²) < 4.78 is 6.29. The van der Waals surface area contributed by atoms with Crippen molar-refractivity contribution in [2.75, 3.05) is 0 Å². The van der Waals surface area contributed by atoms with Gasteiger partial charge in [0.25, 0.3) is 0 Å². The maximum absolute atomic E-state index is 5.99.